The van der Waals surface area contributed by atoms with Gasteiger partial charge in [0.1, 0.15) is 6.61 Å². The molecule has 0 aromatic carbocycles. The number of hydrogen-bond donors (Lipinski definition) is 1. The van der Waals surface area contributed by atoms with Gasteiger partial charge in [-0.05, 0) is 44.7 Å². The van der Waals surface area contributed by atoms with Crippen LogP contribution in [0.15, 0.2) is 0 Å². The van der Waals surface area contributed by atoms with Crippen LogP contribution in [0.3, 0.4) is 0 Å². The Labute approximate surface area is 122 Å². The molecule has 0 radical (unpaired) electrons. The Bertz CT molecular complexity index is 285. The first-order valence-electron chi connectivity index (χ1n) is 7.93. The second-order valence-corrected chi connectivity index (χ2v) is 5.94. The fourth-order valence-corrected chi connectivity index (χ4v) is 2.74. The Hall–Kier alpha value is -0.650. The molecule has 2 heterocycles. The molecule has 0 atom stereocenters. The van der Waals surface area contributed by atoms with Crippen molar-refractivity contribution in [3.05, 3.63) is 0 Å². The summed E-state index contributed by atoms with van der Waals surface area (Å²) >= 11 is 0. The predicted octanol–water partition coefficient (Wildman–Crippen LogP) is 1.03. The summed E-state index contributed by atoms with van der Waals surface area (Å²) < 4.78 is 11.2. The number of amides is 1. The van der Waals surface area contributed by atoms with Crippen LogP contribution < -0.4 is 5.32 Å². The van der Waals surface area contributed by atoms with Gasteiger partial charge in [0.05, 0.1) is 19.3 Å². The van der Waals surface area contributed by atoms with E-state index < -0.39 is 0 Å². The van der Waals surface area contributed by atoms with E-state index >= 15 is 0 Å². The van der Waals surface area contributed by atoms with Crippen LogP contribution in [0.2, 0.25) is 0 Å². The summed E-state index contributed by atoms with van der Waals surface area (Å²) in [5, 5.41) is 3.31. The Kier molecular flexibility index (Phi) is 6.76. The molecule has 5 heteroatoms. The number of carbonyl (C=O) groups is 1. The van der Waals surface area contributed by atoms with E-state index in [0.29, 0.717) is 19.3 Å². The van der Waals surface area contributed by atoms with Gasteiger partial charge in [-0.3, -0.25) is 4.79 Å². The van der Waals surface area contributed by atoms with Gasteiger partial charge >= 0.3 is 0 Å². The van der Waals surface area contributed by atoms with Crippen molar-refractivity contribution in [1.29, 1.82) is 0 Å². The van der Waals surface area contributed by atoms with Crippen LogP contribution in [0.1, 0.15) is 32.6 Å². The van der Waals surface area contributed by atoms with Gasteiger partial charge in [0.2, 0.25) is 5.91 Å². The van der Waals surface area contributed by atoms with E-state index in [1.54, 1.807) is 0 Å². The molecule has 116 valence electrons. The van der Waals surface area contributed by atoms with Gasteiger partial charge in [0.15, 0.2) is 0 Å². The summed E-state index contributed by atoms with van der Waals surface area (Å²) in [6.07, 6.45) is 4.74. The minimum absolute atomic E-state index is 0.124. The van der Waals surface area contributed by atoms with Crippen LogP contribution in [-0.2, 0) is 14.3 Å². The highest BCUT2D eigenvalue weighted by Crippen LogP contribution is 2.15. The molecule has 0 aliphatic carbocycles. The molecule has 2 saturated heterocycles. The predicted molar refractivity (Wildman–Crippen MR) is 77.6 cm³/mol. The molecule has 20 heavy (non-hydrogen) atoms. The zero-order chi connectivity index (χ0) is 14.2. The van der Waals surface area contributed by atoms with E-state index in [-0.39, 0.29) is 12.5 Å². The largest absolute Gasteiger partial charge is 0.376 e. The Morgan fingerprint density at radius 3 is 2.55 bits per heavy atom. The lowest BCUT2D eigenvalue weighted by atomic mass is 9.99. The van der Waals surface area contributed by atoms with E-state index in [4.69, 9.17) is 9.47 Å². The third-order valence-corrected chi connectivity index (χ3v) is 4.23. The highest BCUT2D eigenvalue weighted by molar-refractivity contribution is 5.77. The van der Waals surface area contributed by atoms with Crippen LogP contribution in [0.25, 0.3) is 0 Å². The van der Waals surface area contributed by atoms with Crippen LogP contribution >= 0.6 is 0 Å². The Morgan fingerprint density at radius 1 is 1.15 bits per heavy atom. The number of hydrogen-bond acceptors (Lipinski definition) is 4. The molecular formula is C15H28N2O3. The third-order valence-electron chi connectivity index (χ3n) is 4.23. The molecule has 2 fully saturated rings. The fraction of sp³-hybridized carbons (Fsp3) is 0.933. The number of carbonyl (C=O) groups excluding carboxylic acids is 1. The highest BCUT2D eigenvalue weighted by atomic mass is 16.5. The molecule has 2 aliphatic heterocycles. The monoisotopic (exact) mass is 284 g/mol. The fourth-order valence-electron chi connectivity index (χ4n) is 2.74. The Balaban J connectivity index is 1.49. The first-order chi connectivity index (χ1) is 9.75. The number of likely N-dealkylation sites (tertiary alicyclic amines) is 1. The SMILES string of the molecule is CC1CCN(C(=O)COCCOC2CCNCC2)CC1. The van der Waals surface area contributed by atoms with Gasteiger partial charge in [0, 0.05) is 13.1 Å². The van der Waals surface area contributed by atoms with Crippen LogP contribution in [-0.4, -0.2) is 62.9 Å². The van der Waals surface area contributed by atoms with Crippen molar-refractivity contribution in [2.24, 2.45) is 5.92 Å². The average Bonchev–Trinajstić information content (AvgIpc) is 2.48. The topological polar surface area (TPSA) is 50.8 Å². The maximum absolute atomic E-state index is 11.9. The summed E-state index contributed by atoms with van der Waals surface area (Å²) in [4.78, 5) is 13.8. The minimum Gasteiger partial charge on any atom is -0.376 e. The molecular weight excluding hydrogens is 256 g/mol. The first-order valence-corrected chi connectivity index (χ1v) is 7.93. The van der Waals surface area contributed by atoms with Crippen molar-refractivity contribution in [2.75, 3.05) is 46.0 Å². The van der Waals surface area contributed by atoms with Gasteiger partial charge in [-0.25, -0.2) is 0 Å². The number of nitrogens with one attached hydrogen (secondary N) is 1. The lowest BCUT2D eigenvalue weighted by Gasteiger charge is -2.30. The average molecular weight is 284 g/mol. The molecule has 2 aliphatic rings. The summed E-state index contributed by atoms with van der Waals surface area (Å²) in [7, 11) is 0. The van der Waals surface area contributed by atoms with E-state index in [1.165, 1.54) is 0 Å². The molecule has 5 nitrogen and oxygen atoms in total. The smallest absolute Gasteiger partial charge is 0.248 e. The molecule has 0 aromatic heterocycles. The molecule has 0 saturated carbocycles. The van der Waals surface area contributed by atoms with Crippen LogP contribution in [0.5, 0.6) is 0 Å². The molecule has 0 unspecified atom stereocenters. The summed E-state index contributed by atoms with van der Waals surface area (Å²) in [5.74, 6) is 0.872. The molecule has 0 bridgehead atoms. The van der Waals surface area contributed by atoms with Crippen molar-refractivity contribution in [2.45, 2.75) is 38.7 Å². The highest BCUT2D eigenvalue weighted by Gasteiger charge is 2.20. The zero-order valence-electron chi connectivity index (χ0n) is 12.6. The molecule has 1 amide bonds. The van der Waals surface area contributed by atoms with E-state index in [9.17, 15) is 4.79 Å². The van der Waals surface area contributed by atoms with Gasteiger partial charge in [-0.15, -0.1) is 0 Å². The van der Waals surface area contributed by atoms with Crippen LogP contribution in [0.4, 0.5) is 0 Å². The second kappa shape index (κ2) is 8.60. The normalized spacial score (nSPS) is 22.1. The van der Waals surface area contributed by atoms with Crippen molar-refractivity contribution < 1.29 is 14.3 Å². The van der Waals surface area contributed by atoms with E-state index in [1.807, 2.05) is 4.90 Å². The standard InChI is InChI=1S/C15H28N2O3/c1-13-4-8-17(9-5-13)15(18)12-19-10-11-20-14-2-6-16-7-3-14/h13-14,16H,2-12H2,1H3. The Morgan fingerprint density at radius 2 is 1.85 bits per heavy atom. The van der Waals surface area contributed by atoms with Crippen molar-refractivity contribution in [3.8, 4) is 0 Å². The van der Waals surface area contributed by atoms with Gasteiger partial charge in [-0.2, -0.15) is 0 Å². The minimum atomic E-state index is 0.124. The lowest BCUT2D eigenvalue weighted by molar-refractivity contribution is -0.138. The molecule has 0 aromatic rings. The summed E-state index contributed by atoms with van der Waals surface area (Å²) in [6, 6.07) is 0. The van der Waals surface area contributed by atoms with Gasteiger partial charge in [-0.1, -0.05) is 6.92 Å². The number of nitrogens with zero attached hydrogens (tertiary/aromatic N) is 1. The summed E-state index contributed by atoms with van der Waals surface area (Å²) in [5.41, 5.74) is 0. The van der Waals surface area contributed by atoms with Crippen molar-refractivity contribution in [1.82, 2.24) is 10.2 Å². The maximum atomic E-state index is 11.9. The van der Waals surface area contributed by atoms with Gasteiger partial charge < -0.3 is 19.7 Å². The lowest BCUT2D eigenvalue weighted by Crippen LogP contribution is -2.40. The van der Waals surface area contributed by atoms with Crippen LogP contribution in [0, 0.1) is 5.92 Å². The van der Waals surface area contributed by atoms with Gasteiger partial charge in [0.25, 0.3) is 0 Å². The maximum Gasteiger partial charge on any atom is 0.248 e. The van der Waals surface area contributed by atoms with E-state index in [2.05, 4.69) is 12.2 Å². The molecule has 2 rings (SSSR count). The zero-order valence-corrected chi connectivity index (χ0v) is 12.6. The van der Waals surface area contributed by atoms with Crippen molar-refractivity contribution in [3.63, 3.8) is 0 Å². The molecule has 1 N–H and O–H groups in total. The first kappa shape index (κ1) is 15.7. The summed E-state index contributed by atoms with van der Waals surface area (Å²) in [6.45, 7) is 7.40. The molecule has 0 spiro atoms. The third kappa shape index (κ3) is 5.38. The number of rotatable bonds is 6. The second-order valence-electron chi connectivity index (χ2n) is 5.94. The van der Waals surface area contributed by atoms with Crippen molar-refractivity contribution >= 4 is 5.91 Å². The number of piperidine rings is 2. The van der Waals surface area contributed by atoms with E-state index in [0.717, 1.165) is 57.8 Å². The number of ether oxygens (including phenoxy) is 2. The quantitative estimate of drug-likeness (QED) is 0.740.